The highest BCUT2D eigenvalue weighted by atomic mass is 35.5. The maximum absolute atomic E-state index is 6.38. The molecule has 3 rings (SSSR count). The minimum Gasteiger partial charge on any atom is -0.343 e. The Morgan fingerprint density at radius 2 is 1.67 bits per heavy atom. The van der Waals surface area contributed by atoms with Crippen molar-refractivity contribution in [1.82, 2.24) is 14.8 Å². The van der Waals surface area contributed by atoms with Crippen LogP contribution < -0.4 is 5.32 Å². The Morgan fingerprint density at radius 3 is 2.37 bits per heavy atom. The Labute approximate surface area is 171 Å². The van der Waals surface area contributed by atoms with Gasteiger partial charge >= 0.3 is 0 Å². The van der Waals surface area contributed by atoms with Crippen molar-refractivity contribution < 1.29 is 0 Å². The Bertz CT molecular complexity index is 864. The molecule has 0 saturated carbocycles. The van der Waals surface area contributed by atoms with E-state index in [1.807, 2.05) is 18.2 Å². The van der Waals surface area contributed by atoms with E-state index in [1.165, 1.54) is 16.5 Å². The third-order valence-electron chi connectivity index (χ3n) is 5.08. The van der Waals surface area contributed by atoms with Crippen LogP contribution in [0, 0.1) is 0 Å². The molecule has 1 N–H and O–H groups in total. The summed E-state index contributed by atoms with van der Waals surface area (Å²) in [6, 6.07) is 14.2. The number of fused-ring (bicyclic) bond motifs is 1. The van der Waals surface area contributed by atoms with Gasteiger partial charge < -0.3 is 14.8 Å². The zero-order valence-corrected chi connectivity index (χ0v) is 17.5. The summed E-state index contributed by atoms with van der Waals surface area (Å²) in [5.41, 5.74) is 3.46. The van der Waals surface area contributed by atoms with Crippen LogP contribution in [0.2, 0.25) is 10.0 Å². The first-order valence-electron chi connectivity index (χ1n) is 9.56. The first-order valence-corrected chi connectivity index (χ1v) is 10.3. The predicted molar refractivity (Wildman–Crippen MR) is 117 cm³/mol. The number of nitrogens with zero attached hydrogens (tertiary/aromatic N) is 2. The van der Waals surface area contributed by atoms with Crippen molar-refractivity contribution in [1.29, 1.82) is 0 Å². The molecular weight excluding hydrogens is 377 g/mol. The number of benzene rings is 2. The molecule has 3 nitrogen and oxygen atoms in total. The van der Waals surface area contributed by atoms with Crippen LogP contribution >= 0.6 is 23.2 Å². The molecule has 1 heterocycles. The van der Waals surface area contributed by atoms with Crippen LogP contribution in [0.3, 0.4) is 0 Å². The second-order valence-corrected chi connectivity index (χ2v) is 7.52. The summed E-state index contributed by atoms with van der Waals surface area (Å²) in [5.74, 6) is 0. The van der Waals surface area contributed by atoms with Gasteiger partial charge in [0.05, 0.1) is 6.54 Å². The lowest BCUT2D eigenvalue weighted by Crippen LogP contribution is -2.31. The summed E-state index contributed by atoms with van der Waals surface area (Å²) in [4.78, 5) is 2.43. The number of hydrogen-bond acceptors (Lipinski definition) is 2. The highest BCUT2D eigenvalue weighted by molar-refractivity contribution is 6.36. The normalized spacial score (nSPS) is 11.6. The molecule has 144 valence electrons. The van der Waals surface area contributed by atoms with Crippen molar-refractivity contribution in [3.8, 4) is 0 Å². The van der Waals surface area contributed by atoms with Crippen molar-refractivity contribution in [2.24, 2.45) is 0 Å². The molecule has 0 spiro atoms. The van der Waals surface area contributed by atoms with Crippen LogP contribution in [-0.4, -0.2) is 35.6 Å². The fourth-order valence-electron chi connectivity index (χ4n) is 3.45. The van der Waals surface area contributed by atoms with Crippen LogP contribution in [0.4, 0.5) is 0 Å². The van der Waals surface area contributed by atoms with E-state index < -0.39 is 0 Å². The lowest BCUT2D eigenvalue weighted by Gasteiger charge is -2.17. The van der Waals surface area contributed by atoms with Crippen LogP contribution in [-0.2, 0) is 13.1 Å². The number of para-hydroxylation sites is 1. The topological polar surface area (TPSA) is 20.2 Å². The van der Waals surface area contributed by atoms with Gasteiger partial charge in [-0.1, -0.05) is 61.3 Å². The molecule has 0 amide bonds. The number of rotatable bonds is 9. The lowest BCUT2D eigenvalue weighted by atomic mass is 10.2. The van der Waals surface area contributed by atoms with Gasteiger partial charge in [-0.3, -0.25) is 0 Å². The first kappa shape index (κ1) is 20.2. The minimum atomic E-state index is 0.665. The van der Waals surface area contributed by atoms with Crippen LogP contribution in [0.5, 0.6) is 0 Å². The highest BCUT2D eigenvalue weighted by Crippen LogP contribution is 2.28. The number of likely N-dealkylation sites (N-methyl/N-ethyl adjacent to an activating group) is 1. The predicted octanol–water partition coefficient (Wildman–Crippen LogP) is 5.43. The van der Waals surface area contributed by atoms with Gasteiger partial charge in [-0.25, -0.2) is 0 Å². The Balaban J connectivity index is 1.78. The summed E-state index contributed by atoms with van der Waals surface area (Å²) < 4.78 is 2.24. The van der Waals surface area contributed by atoms with Crippen LogP contribution in [0.15, 0.2) is 48.7 Å². The monoisotopic (exact) mass is 403 g/mol. The molecule has 0 fully saturated rings. The average Bonchev–Trinajstić information content (AvgIpc) is 3.03. The molecule has 3 aromatic rings. The SMILES string of the molecule is CCN(CC)CCNCc1cn(Cc2c(Cl)cccc2Cl)c2ccccc12. The van der Waals surface area contributed by atoms with Gasteiger partial charge in [0.25, 0.3) is 0 Å². The van der Waals surface area contributed by atoms with Crippen LogP contribution in [0.1, 0.15) is 25.0 Å². The molecule has 0 aliphatic carbocycles. The van der Waals surface area contributed by atoms with Crippen molar-refractivity contribution in [2.45, 2.75) is 26.9 Å². The van der Waals surface area contributed by atoms with E-state index in [0.29, 0.717) is 16.6 Å². The zero-order chi connectivity index (χ0) is 19.2. The fraction of sp³-hybridized carbons (Fsp3) is 0.364. The molecule has 0 aliphatic heterocycles. The van der Waals surface area contributed by atoms with Crippen molar-refractivity contribution >= 4 is 34.1 Å². The highest BCUT2D eigenvalue weighted by Gasteiger charge is 2.12. The summed E-state index contributed by atoms with van der Waals surface area (Å²) >= 11 is 12.8. The molecule has 0 radical (unpaired) electrons. The van der Waals surface area contributed by atoms with Gasteiger partial charge in [0, 0.05) is 52.3 Å². The first-order chi connectivity index (χ1) is 13.1. The van der Waals surface area contributed by atoms with E-state index in [4.69, 9.17) is 23.2 Å². The lowest BCUT2D eigenvalue weighted by molar-refractivity contribution is 0.302. The average molecular weight is 404 g/mol. The molecule has 2 aromatic carbocycles. The molecule has 0 unspecified atom stereocenters. The third kappa shape index (κ3) is 4.85. The second kappa shape index (κ2) is 9.61. The smallest absolute Gasteiger partial charge is 0.0505 e. The van der Waals surface area contributed by atoms with E-state index in [9.17, 15) is 0 Å². The number of halogens is 2. The number of nitrogens with one attached hydrogen (secondary N) is 1. The zero-order valence-electron chi connectivity index (χ0n) is 16.0. The van der Waals surface area contributed by atoms with E-state index >= 15 is 0 Å². The number of hydrogen-bond donors (Lipinski definition) is 1. The number of aromatic nitrogens is 1. The summed E-state index contributed by atoms with van der Waals surface area (Å²) in [6.45, 7) is 10.2. The second-order valence-electron chi connectivity index (χ2n) is 6.70. The summed E-state index contributed by atoms with van der Waals surface area (Å²) in [5, 5.41) is 6.28. The van der Waals surface area contributed by atoms with E-state index in [-0.39, 0.29) is 0 Å². The third-order valence-corrected chi connectivity index (χ3v) is 5.78. The van der Waals surface area contributed by atoms with Gasteiger partial charge in [-0.2, -0.15) is 0 Å². The largest absolute Gasteiger partial charge is 0.343 e. The molecule has 27 heavy (non-hydrogen) atoms. The Kier molecular flexibility index (Phi) is 7.20. The van der Waals surface area contributed by atoms with E-state index in [0.717, 1.165) is 38.3 Å². The van der Waals surface area contributed by atoms with Crippen LogP contribution in [0.25, 0.3) is 10.9 Å². The fourth-order valence-corrected chi connectivity index (χ4v) is 3.97. The molecule has 5 heteroatoms. The maximum Gasteiger partial charge on any atom is 0.0505 e. The molecule has 0 bridgehead atoms. The van der Waals surface area contributed by atoms with Crippen molar-refractivity contribution in [3.05, 3.63) is 69.8 Å². The Hall–Kier alpha value is -1.52. The maximum atomic E-state index is 6.38. The van der Waals surface area contributed by atoms with Gasteiger partial charge in [-0.05, 0) is 36.9 Å². The molecule has 0 aliphatic rings. The standard InChI is InChI=1S/C22H27Cl2N3/c1-3-26(4-2)13-12-25-14-17-15-27(22-11-6-5-8-18(17)22)16-19-20(23)9-7-10-21(19)24/h5-11,15,25H,3-4,12-14,16H2,1-2H3. The van der Waals surface area contributed by atoms with Gasteiger partial charge in [0.2, 0.25) is 0 Å². The molecule has 1 aromatic heterocycles. The molecular formula is C22H27Cl2N3. The van der Waals surface area contributed by atoms with Crippen molar-refractivity contribution in [3.63, 3.8) is 0 Å². The van der Waals surface area contributed by atoms with Gasteiger partial charge in [-0.15, -0.1) is 0 Å². The van der Waals surface area contributed by atoms with E-state index in [1.54, 1.807) is 0 Å². The Morgan fingerprint density at radius 1 is 0.963 bits per heavy atom. The van der Waals surface area contributed by atoms with E-state index in [2.05, 4.69) is 59.1 Å². The summed E-state index contributed by atoms with van der Waals surface area (Å²) in [7, 11) is 0. The summed E-state index contributed by atoms with van der Waals surface area (Å²) in [6.07, 6.45) is 2.22. The molecule has 0 saturated heterocycles. The van der Waals surface area contributed by atoms with Crippen molar-refractivity contribution in [2.75, 3.05) is 26.2 Å². The minimum absolute atomic E-state index is 0.665. The van der Waals surface area contributed by atoms with Gasteiger partial charge in [0.1, 0.15) is 0 Å². The van der Waals surface area contributed by atoms with Gasteiger partial charge in [0.15, 0.2) is 0 Å². The quantitative estimate of drug-likeness (QED) is 0.480. The molecule has 0 atom stereocenters.